The van der Waals surface area contributed by atoms with Crippen molar-refractivity contribution in [3.05, 3.63) is 70.7 Å². The highest BCUT2D eigenvalue weighted by molar-refractivity contribution is 6.31. The van der Waals surface area contributed by atoms with E-state index < -0.39 is 23.4 Å². The van der Waals surface area contributed by atoms with Crippen molar-refractivity contribution in [3.63, 3.8) is 0 Å². The number of nitrogens with one attached hydrogen (secondary N) is 2. The Morgan fingerprint density at radius 2 is 1.83 bits per heavy atom. The molecular weight excluding hydrogens is 392 g/mol. The summed E-state index contributed by atoms with van der Waals surface area (Å²) in [4.78, 5) is 37.8. The van der Waals surface area contributed by atoms with Crippen LogP contribution in [0.3, 0.4) is 0 Å². The minimum atomic E-state index is -1.18. The maximum absolute atomic E-state index is 13.0. The standard InChI is InChI=1S/C21H23ClN4O3/c1-3-21(15-9-5-4-6-10-15)19(28)26(20(29)24-21)25-18(27)13-23-14(2)16-11-7-8-12-17(16)22/h4-12,14,23H,3,13H2,1-2H3,(H,24,29)(H,25,27)/p+1/t14-,21-/m0/s1. The van der Waals surface area contributed by atoms with E-state index in [2.05, 4.69) is 10.7 Å². The zero-order chi connectivity index (χ0) is 21.0. The molecule has 1 heterocycles. The molecule has 2 aromatic carbocycles. The number of carbonyl (C=O) groups excluding carboxylic acids is 3. The van der Waals surface area contributed by atoms with Crippen LogP contribution >= 0.6 is 11.6 Å². The number of nitrogens with zero attached hydrogens (tertiary/aromatic N) is 1. The average Bonchev–Trinajstić information content (AvgIpc) is 2.98. The highest BCUT2D eigenvalue weighted by Crippen LogP contribution is 2.31. The van der Waals surface area contributed by atoms with Crippen molar-refractivity contribution in [1.82, 2.24) is 15.8 Å². The van der Waals surface area contributed by atoms with Crippen LogP contribution in [0, 0.1) is 0 Å². The third-order valence-corrected chi connectivity index (χ3v) is 5.52. The second-order valence-corrected chi connectivity index (χ2v) is 7.39. The van der Waals surface area contributed by atoms with Crippen molar-refractivity contribution in [3.8, 4) is 0 Å². The fourth-order valence-corrected chi connectivity index (χ4v) is 3.77. The summed E-state index contributed by atoms with van der Waals surface area (Å²) in [7, 11) is 0. The van der Waals surface area contributed by atoms with Crippen molar-refractivity contribution in [2.75, 3.05) is 6.54 Å². The molecule has 4 N–H and O–H groups in total. The number of hydrogen-bond donors (Lipinski definition) is 3. The summed E-state index contributed by atoms with van der Waals surface area (Å²) in [5, 5.41) is 5.92. The lowest BCUT2D eigenvalue weighted by atomic mass is 9.87. The SMILES string of the molecule is CC[C@@]1(c2ccccc2)NC(=O)N(NC(=O)C[NH2+][C@@H](C)c2ccccc2Cl)C1=O. The first-order valence-corrected chi connectivity index (χ1v) is 9.86. The van der Waals surface area contributed by atoms with Crippen LogP contribution in [0.1, 0.15) is 37.4 Å². The van der Waals surface area contributed by atoms with Gasteiger partial charge in [-0.05, 0) is 25.0 Å². The molecule has 29 heavy (non-hydrogen) atoms. The van der Waals surface area contributed by atoms with Gasteiger partial charge in [-0.25, -0.2) is 4.79 Å². The molecule has 1 saturated heterocycles. The van der Waals surface area contributed by atoms with Crippen LogP contribution < -0.4 is 16.1 Å². The zero-order valence-electron chi connectivity index (χ0n) is 16.3. The fourth-order valence-electron chi connectivity index (χ4n) is 3.46. The fraction of sp³-hybridized carbons (Fsp3) is 0.286. The second kappa shape index (κ2) is 8.63. The van der Waals surface area contributed by atoms with E-state index in [4.69, 9.17) is 11.6 Å². The number of rotatable bonds is 7. The van der Waals surface area contributed by atoms with Crippen molar-refractivity contribution < 1.29 is 19.7 Å². The Hall–Kier alpha value is -2.90. The lowest BCUT2D eigenvalue weighted by Gasteiger charge is -2.25. The van der Waals surface area contributed by atoms with Gasteiger partial charge < -0.3 is 10.6 Å². The van der Waals surface area contributed by atoms with Gasteiger partial charge in [-0.2, -0.15) is 5.01 Å². The minimum absolute atomic E-state index is 0.0356. The van der Waals surface area contributed by atoms with E-state index in [0.29, 0.717) is 17.0 Å². The molecule has 2 atom stereocenters. The molecule has 0 unspecified atom stereocenters. The average molecular weight is 416 g/mol. The predicted molar refractivity (Wildman–Crippen MR) is 109 cm³/mol. The first kappa shape index (κ1) is 20.8. The molecule has 8 heteroatoms. The number of urea groups is 1. The van der Waals surface area contributed by atoms with Crippen LogP contribution in [-0.4, -0.2) is 29.4 Å². The molecule has 3 rings (SSSR count). The van der Waals surface area contributed by atoms with Gasteiger partial charge in [0.25, 0.3) is 11.8 Å². The van der Waals surface area contributed by atoms with E-state index in [-0.39, 0.29) is 12.6 Å². The normalized spacial score (nSPS) is 19.8. The molecule has 1 fully saturated rings. The molecule has 0 spiro atoms. The third-order valence-electron chi connectivity index (χ3n) is 5.18. The Labute approximate surface area is 174 Å². The van der Waals surface area contributed by atoms with Crippen LogP contribution in [0.2, 0.25) is 5.02 Å². The molecule has 1 aliphatic heterocycles. The lowest BCUT2D eigenvalue weighted by molar-refractivity contribution is -0.682. The molecule has 2 aromatic rings. The molecule has 0 bridgehead atoms. The molecule has 0 aromatic heterocycles. The van der Waals surface area contributed by atoms with Gasteiger partial charge in [-0.3, -0.25) is 15.0 Å². The van der Waals surface area contributed by atoms with Crippen LogP contribution in [0.15, 0.2) is 54.6 Å². The Bertz CT molecular complexity index is 921. The van der Waals surface area contributed by atoms with E-state index in [1.165, 1.54) is 0 Å². The van der Waals surface area contributed by atoms with Gasteiger partial charge in [-0.1, -0.05) is 67.1 Å². The minimum Gasteiger partial charge on any atom is -0.332 e. The molecule has 0 saturated carbocycles. The van der Waals surface area contributed by atoms with E-state index in [0.717, 1.165) is 10.6 Å². The van der Waals surface area contributed by atoms with Gasteiger partial charge in [0, 0.05) is 10.6 Å². The number of amides is 4. The Morgan fingerprint density at radius 3 is 2.48 bits per heavy atom. The second-order valence-electron chi connectivity index (χ2n) is 6.98. The van der Waals surface area contributed by atoms with Gasteiger partial charge in [0.15, 0.2) is 6.54 Å². The number of carbonyl (C=O) groups is 3. The largest absolute Gasteiger partial charge is 0.344 e. The van der Waals surface area contributed by atoms with Crippen LogP contribution in [0.4, 0.5) is 4.79 Å². The number of imide groups is 1. The summed E-state index contributed by atoms with van der Waals surface area (Å²) in [5.41, 5.74) is 2.83. The Balaban J connectivity index is 1.65. The number of quaternary nitrogens is 1. The summed E-state index contributed by atoms with van der Waals surface area (Å²) in [5.74, 6) is -0.948. The topological polar surface area (TPSA) is 95.1 Å². The quantitative estimate of drug-likeness (QED) is 0.602. The maximum Gasteiger partial charge on any atom is 0.344 e. The summed E-state index contributed by atoms with van der Waals surface area (Å²) < 4.78 is 0. The predicted octanol–water partition coefficient (Wildman–Crippen LogP) is 1.85. The van der Waals surface area contributed by atoms with Crippen LogP contribution in [0.5, 0.6) is 0 Å². The molecule has 152 valence electrons. The van der Waals surface area contributed by atoms with Crippen LogP contribution in [0.25, 0.3) is 0 Å². The van der Waals surface area contributed by atoms with Gasteiger partial charge in [0.1, 0.15) is 11.6 Å². The molecule has 4 amide bonds. The molecule has 7 nitrogen and oxygen atoms in total. The van der Waals surface area contributed by atoms with E-state index in [9.17, 15) is 14.4 Å². The lowest BCUT2D eigenvalue weighted by Crippen LogP contribution is -2.87. The molecule has 0 radical (unpaired) electrons. The monoisotopic (exact) mass is 415 g/mol. The first-order chi connectivity index (χ1) is 13.9. The summed E-state index contributed by atoms with van der Waals surface area (Å²) >= 11 is 6.19. The van der Waals surface area contributed by atoms with Gasteiger partial charge in [0.2, 0.25) is 0 Å². The summed E-state index contributed by atoms with van der Waals surface area (Å²) in [6.45, 7) is 3.78. The highest BCUT2D eigenvalue weighted by Gasteiger charge is 2.52. The third kappa shape index (κ3) is 4.11. The molecule has 1 aliphatic rings. The van der Waals surface area contributed by atoms with E-state index in [1.54, 1.807) is 35.6 Å². The highest BCUT2D eigenvalue weighted by atomic mass is 35.5. The number of halogens is 1. The van der Waals surface area contributed by atoms with Gasteiger partial charge in [-0.15, -0.1) is 0 Å². The van der Waals surface area contributed by atoms with Crippen molar-refractivity contribution in [2.45, 2.75) is 31.8 Å². The molecule has 0 aliphatic carbocycles. The number of hydrazine groups is 1. The number of benzene rings is 2. The molecular formula is C21H24ClN4O3+. The summed E-state index contributed by atoms with van der Waals surface area (Å²) in [6, 6.07) is 15.7. The van der Waals surface area contributed by atoms with E-state index in [1.807, 2.05) is 38.1 Å². The Morgan fingerprint density at radius 1 is 1.17 bits per heavy atom. The number of hydrogen-bond acceptors (Lipinski definition) is 3. The first-order valence-electron chi connectivity index (χ1n) is 9.48. The van der Waals surface area contributed by atoms with Gasteiger partial charge in [0.05, 0.1) is 0 Å². The number of nitrogens with two attached hydrogens (primary N) is 1. The van der Waals surface area contributed by atoms with Crippen LogP contribution in [-0.2, 0) is 15.1 Å². The smallest absolute Gasteiger partial charge is 0.332 e. The maximum atomic E-state index is 13.0. The van der Waals surface area contributed by atoms with Crippen molar-refractivity contribution in [2.24, 2.45) is 0 Å². The zero-order valence-corrected chi connectivity index (χ0v) is 17.1. The van der Waals surface area contributed by atoms with Crippen molar-refractivity contribution >= 4 is 29.4 Å². The van der Waals surface area contributed by atoms with Gasteiger partial charge >= 0.3 is 6.03 Å². The van der Waals surface area contributed by atoms with E-state index >= 15 is 0 Å². The van der Waals surface area contributed by atoms with Crippen molar-refractivity contribution in [1.29, 1.82) is 0 Å². The Kier molecular flexibility index (Phi) is 6.20. The summed E-state index contributed by atoms with van der Waals surface area (Å²) in [6.07, 6.45) is 0.365.